The van der Waals surface area contributed by atoms with E-state index in [1.54, 1.807) is 36.5 Å². The van der Waals surface area contributed by atoms with Crippen molar-refractivity contribution in [1.29, 1.82) is 0 Å². The highest BCUT2D eigenvalue weighted by Crippen LogP contribution is 2.35. The molecule has 5 rings (SSSR count). The fourth-order valence-electron chi connectivity index (χ4n) is 3.92. The van der Waals surface area contributed by atoms with Crippen molar-refractivity contribution in [3.8, 4) is 0 Å². The van der Waals surface area contributed by atoms with Crippen LogP contribution in [0.25, 0.3) is 22.1 Å². The van der Waals surface area contributed by atoms with Crippen molar-refractivity contribution in [3.63, 3.8) is 0 Å². The van der Waals surface area contributed by atoms with Gasteiger partial charge in [0.1, 0.15) is 11.2 Å². The van der Waals surface area contributed by atoms with E-state index in [0.717, 1.165) is 31.3 Å². The van der Waals surface area contributed by atoms with Gasteiger partial charge in [0.2, 0.25) is 9.84 Å². The Bertz CT molecular complexity index is 1270. The Hall–Kier alpha value is -2.78. The number of hydrogen-bond acceptors (Lipinski definition) is 6. The van der Waals surface area contributed by atoms with E-state index in [4.69, 9.17) is 0 Å². The number of aromatic nitrogens is 5. The summed E-state index contributed by atoms with van der Waals surface area (Å²) < 4.78 is 28.5. The van der Waals surface area contributed by atoms with E-state index in [1.165, 1.54) is 0 Å². The van der Waals surface area contributed by atoms with Crippen molar-refractivity contribution in [2.75, 3.05) is 13.1 Å². The number of pyridine rings is 1. The van der Waals surface area contributed by atoms with Crippen LogP contribution in [0, 0.1) is 0 Å². The Balaban J connectivity index is 1.83. The van der Waals surface area contributed by atoms with E-state index in [-0.39, 0.29) is 15.5 Å². The predicted octanol–water partition coefficient (Wildman–Crippen LogP) is 2.24. The van der Waals surface area contributed by atoms with Gasteiger partial charge in [0, 0.05) is 11.6 Å². The van der Waals surface area contributed by atoms with Crippen LogP contribution in [0.5, 0.6) is 0 Å². The Morgan fingerprint density at radius 3 is 2.61 bits per heavy atom. The SMILES string of the molecule is CC1(n2nnc3c(S(=O)(=O)c4ccccc4)nc4[nH]ccc4c32)CCNCC1. The number of nitrogens with zero attached hydrogens (tertiary/aromatic N) is 4. The number of hydrogen-bond donors (Lipinski definition) is 2. The van der Waals surface area contributed by atoms with Crippen LogP contribution < -0.4 is 5.32 Å². The first-order chi connectivity index (χ1) is 13.5. The first-order valence-electron chi connectivity index (χ1n) is 9.25. The number of H-pyrrole nitrogens is 1. The van der Waals surface area contributed by atoms with Crippen molar-refractivity contribution in [3.05, 3.63) is 42.6 Å². The minimum atomic E-state index is -3.83. The maximum absolute atomic E-state index is 13.3. The molecule has 0 radical (unpaired) electrons. The second-order valence-electron chi connectivity index (χ2n) is 7.42. The summed E-state index contributed by atoms with van der Waals surface area (Å²) in [6.45, 7) is 3.91. The summed E-state index contributed by atoms with van der Waals surface area (Å²) in [5.74, 6) is 0. The van der Waals surface area contributed by atoms with Gasteiger partial charge in [-0.2, -0.15) is 0 Å². The molecule has 1 aromatic carbocycles. The van der Waals surface area contributed by atoms with Gasteiger partial charge in [-0.1, -0.05) is 23.4 Å². The normalized spacial score (nSPS) is 17.3. The van der Waals surface area contributed by atoms with Gasteiger partial charge in [-0.25, -0.2) is 18.1 Å². The van der Waals surface area contributed by atoms with E-state index < -0.39 is 9.84 Å². The summed E-state index contributed by atoms with van der Waals surface area (Å²) in [7, 11) is -3.83. The van der Waals surface area contributed by atoms with Gasteiger partial charge < -0.3 is 10.3 Å². The average molecular weight is 396 g/mol. The molecule has 9 heteroatoms. The van der Waals surface area contributed by atoms with Crippen LogP contribution >= 0.6 is 0 Å². The molecule has 144 valence electrons. The summed E-state index contributed by atoms with van der Waals surface area (Å²) in [6.07, 6.45) is 3.54. The molecule has 0 saturated carbocycles. The monoisotopic (exact) mass is 396 g/mol. The van der Waals surface area contributed by atoms with Gasteiger partial charge in [-0.3, -0.25) is 0 Å². The second-order valence-corrected chi connectivity index (χ2v) is 9.28. The van der Waals surface area contributed by atoms with Crippen LogP contribution in [0.4, 0.5) is 0 Å². The highest BCUT2D eigenvalue weighted by Gasteiger charge is 2.34. The number of piperidine rings is 1. The third-order valence-corrected chi connectivity index (χ3v) is 7.25. The summed E-state index contributed by atoms with van der Waals surface area (Å²) in [5.41, 5.74) is 1.31. The summed E-state index contributed by atoms with van der Waals surface area (Å²) >= 11 is 0. The number of sulfone groups is 1. The molecule has 28 heavy (non-hydrogen) atoms. The van der Waals surface area contributed by atoms with Crippen LogP contribution in [-0.2, 0) is 15.4 Å². The molecule has 0 spiro atoms. The van der Waals surface area contributed by atoms with Crippen molar-refractivity contribution < 1.29 is 8.42 Å². The third kappa shape index (κ3) is 2.46. The lowest BCUT2D eigenvalue weighted by Crippen LogP contribution is -2.42. The second kappa shape index (κ2) is 6.11. The molecule has 4 aromatic rings. The molecule has 0 unspecified atom stereocenters. The van der Waals surface area contributed by atoms with E-state index >= 15 is 0 Å². The average Bonchev–Trinajstić information content (AvgIpc) is 3.35. The van der Waals surface area contributed by atoms with E-state index in [0.29, 0.717) is 16.7 Å². The predicted molar refractivity (Wildman–Crippen MR) is 105 cm³/mol. The molecule has 1 aliphatic rings. The zero-order valence-corrected chi connectivity index (χ0v) is 16.2. The molecule has 1 saturated heterocycles. The number of aromatic amines is 1. The standard InChI is InChI=1S/C19H20N6O2S/c1-19(8-11-20-12-9-19)25-16-14-7-10-21-17(14)22-18(15(16)23-24-25)28(26,27)13-5-3-2-4-6-13/h2-7,10,20H,8-9,11-12H2,1H3,(H,21,22). The highest BCUT2D eigenvalue weighted by atomic mass is 32.2. The van der Waals surface area contributed by atoms with Gasteiger partial charge in [0.05, 0.1) is 10.4 Å². The molecule has 0 bridgehead atoms. The Kier molecular flexibility index (Phi) is 3.78. The van der Waals surface area contributed by atoms with Crippen molar-refractivity contribution in [2.45, 2.75) is 35.2 Å². The van der Waals surface area contributed by atoms with Crippen molar-refractivity contribution in [1.82, 2.24) is 30.3 Å². The Morgan fingerprint density at radius 2 is 1.86 bits per heavy atom. The molecular weight excluding hydrogens is 376 g/mol. The topological polar surface area (TPSA) is 106 Å². The highest BCUT2D eigenvalue weighted by molar-refractivity contribution is 7.91. The lowest BCUT2D eigenvalue weighted by molar-refractivity contribution is 0.213. The zero-order chi connectivity index (χ0) is 19.4. The number of rotatable bonds is 3. The van der Waals surface area contributed by atoms with Crippen LogP contribution in [-0.4, -0.2) is 46.5 Å². The maximum Gasteiger partial charge on any atom is 0.226 e. The largest absolute Gasteiger partial charge is 0.346 e. The quantitative estimate of drug-likeness (QED) is 0.550. The summed E-state index contributed by atoms with van der Waals surface area (Å²) in [5, 5.41) is 12.8. The molecule has 4 heterocycles. The zero-order valence-electron chi connectivity index (χ0n) is 15.4. The van der Waals surface area contributed by atoms with Crippen molar-refractivity contribution >= 4 is 31.9 Å². The molecule has 0 amide bonds. The summed E-state index contributed by atoms with van der Waals surface area (Å²) in [4.78, 5) is 7.66. The number of nitrogens with one attached hydrogen (secondary N) is 2. The van der Waals surface area contributed by atoms with Crippen LogP contribution in [0.1, 0.15) is 19.8 Å². The molecule has 3 aromatic heterocycles. The molecule has 0 atom stereocenters. The van der Waals surface area contributed by atoms with Crippen LogP contribution in [0.2, 0.25) is 0 Å². The molecule has 2 N–H and O–H groups in total. The molecule has 8 nitrogen and oxygen atoms in total. The van der Waals surface area contributed by atoms with Crippen LogP contribution in [0.15, 0.2) is 52.5 Å². The van der Waals surface area contributed by atoms with Gasteiger partial charge in [0.15, 0.2) is 10.5 Å². The first-order valence-corrected chi connectivity index (χ1v) is 10.7. The van der Waals surface area contributed by atoms with Gasteiger partial charge in [-0.15, -0.1) is 5.10 Å². The van der Waals surface area contributed by atoms with Gasteiger partial charge in [-0.05, 0) is 51.1 Å². The van der Waals surface area contributed by atoms with Crippen LogP contribution in [0.3, 0.4) is 0 Å². The minimum Gasteiger partial charge on any atom is -0.346 e. The molecule has 1 fully saturated rings. The minimum absolute atomic E-state index is 0.0626. The number of fused-ring (bicyclic) bond motifs is 3. The lowest BCUT2D eigenvalue weighted by atomic mass is 9.90. The molecule has 0 aliphatic carbocycles. The summed E-state index contributed by atoms with van der Waals surface area (Å²) in [6, 6.07) is 10.2. The maximum atomic E-state index is 13.3. The first kappa shape index (κ1) is 17.3. The van der Waals surface area contributed by atoms with E-state index in [9.17, 15) is 8.42 Å². The molecular formula is C19H20N6O2S. The molecule has 1 aliphatic heterocycles. The van der Waals surface area contributed by atoms with Gasteiger partial charge >= 0.3 is 0 Å². The fourth-order valence-corrected chi connectivity index (χ4v) is 5.26. The Morgan fingerprint density at radius 1 is 1.11 bits per heavy atom. The Labute approximate surface area is 161 Å². The third-order valence-electron chi connectivity index (χ3n) is 5.57. The van der Waals surface area contributed by atoms with E-state index in [1.807, 2.05) is 10.7 Å². The van der Waals surface area contributed by atoms with Gasteiger partial charge in [0.25, 0.3) is 0 Å². The van der Waals surface area contributed by atoms with E-state index in [2.05, 4.69) is 32.5 Å². The lowest BCUT2D eigenvalue weighted by Gasteiger charge is -2.34. The van der Waals surface area contributed by atoms with Crippen molar-refractivity contribution in [2.24, 2.45) is 0 Å². The fraction of sp³-hybridized carbons (Fsp3) is 0.316. The smallest absolute Gasteiger partial charge is 0.226 e. The number of benzene rings is 1.